The van der Waals surface area contributed by atoms with E-state index in [2.05, 4.69) is 75.5 Å². The van der Waals surface area contributed by atoms with Gasteiger partial charge in [0.2, 0.25) is 5.82 Å². The van der Waals surface area contributed by atoms with Crippen LogP contribution in [0.4, 0.5) is 11.4 Å². The van der Waals surface area contributed by atoms with Gasteiger partial charge >= 0.3 is 0 Å². The Morgan fingerprint density at radius 2 is 1.41 bits per heavy atom. The summed E-state index contributed by atoms with van der Waals surface area (Å²) in [4.78, 5) is 36.3. The number of carbonyl (C=O) groups is 1. The minimum absolute atomic E-state index is 0.00950. The predicted molar refractivity (Wildman–Crippen MR) is 151 cm³/mol. The zero-order valence-corrected chi connectivity index (χ0v) is 21.7. The number of non-ortho nitro benzene ring substituents is 1. The Bertz CT molecular complexity index is 1330. The molecular weight excluding hydrogens is 490 g/mol. The van der Waals surface area contributed by atoms with E-state index in [1.807, 2.05) is 0 Å². The average molecular weight is 522 g/mol. The first-order valence-corrected chi connectivity index (χ1v) is 13.2. The average Bonchev–Trinajstić information content (AvgIpc) is 3.01. The highest BCUT2D eigenvalue weighted by atomic mass is 16.6. The Morgan fingerprint density at radius 3 is 1.95 bits per heavy atom. The van der Waals surface area contributed by atoms with Gasteiger partial charge in [-0.15, -0.1) is 0 Å². The summed E-state index contributed by atoms with van der Waals surface area (Å²) in [7, 11) is 0. The van der Waals surface area contributed by atoms with Crippen LogP contribution in [0.1, 0.15) is 41.0 Å². The van der Waals surface area contributed by atoms with Crippen molar-refractivity contribution in [2.75, 3.05) is 31.1 Å². The summed E-state index contributed by atoms with van der Waals surface area (Å²) in [5.41, 5.74) is 3.27. The molecule has 1 fully saturated rings. The summed E-state index contributed by atoms with van der Waals surface area (Å²) in [6, 6.07) is 29.3. The third-order valence-electron chi connectivity index (χ3n) is 7.59. The number of carbonyl (C=O) groups excluding carboxylic acids is 1. The number of nitrogens with zero attached hydrogens (tertiary/aromatic N) is 5. The third-order valence-corrected chi connectivity index (χ3v) is 7.59. The van der Waals surface area contributed by atoms with Crippen LogP contribution in [0.5, 0.6) is 0 Å². The Labute approximate surface area is 228 Å². The van der Waals surface area contributed by atoms with Crippen molar-refractivity contribution in [3.8, 4) is 0 Å². The molecule has 2 heterocycles. The van der Waals surface area contributed by atoms with E-state index < -0.39 is 4.92 Å². The SMILES string of the molecule is O=C(c1ncccn1)N(CCCN1CCC(c2ccccc2)(c2ccccc2)CC1)c1ccc([N+](=O)[O-])cc1. The molecule has 39 heavy (non-hydrogen) atoms. The molecule has 4 aromatic rings. The van der Waals surface area contributed by atoms with Crippen molar-refractivity contribution in [2.45, 2.75) is 24.7 Å². The van der Waals surface area contributed by atoms with Gasteiger partial charge in [-0.2, -0.15) is 0 Å². The molecule has 8 nitrogen and oxygen atoms in total. The van der Waals surface area contributed by atoms with Crippen LogP contribution in [0, 0.1) is 10.1 Å². The second kappa shape index (κ2) is 12.0. The van der Waals surface area contributed by atoms with E-state index in [4.69, 9.17) is 0 Å². The molecule has 0 atom stereocenters. The first kappa shape index (κ1) is 26.2. The van der Waals surface area contributed by atoms with E-state index in [0.29, 0.717) is 12.2 Å². The lowest BCUT2D eigenvalue weighted by molar-refractivity contribution is -0.384. The quantitative estimate of drug-likeness (QED) is 0.213. The number of amides is 1. The molecule has 0 bridgehead atoms. The molecule has 1 aliphatic heterocycles. The molecule has 1 saturated heterocycles. The van der Waals surface area contributed by atoms with Crippen molar-refractivity contribution in [1.29, 1.82) is 0 Å². The van der Waals surface area contributed by atoms with Gasteiger partial charge in [-0.25, -0.2) is 9.97 Å². The molecular formula is C31H31N5O3. The van der Waals surface area contributed by atoms with Crippen LogP contribution in [0.25, 0.3) is 0 Å². The Balaban J connectivity index is 1.27. The molecule has 1 aromatic heterocycles. The summed E-state index contributed by atoms with van der Waals surface area (Å²) in [6.45, 7) is 3.20. The first-order chi connectivity index (χ1) is 19.1. The number of anilines is 1. The number of piperidine rings is 1. The summed E-state index contributed by atoms with van der Waals surface area (Å²) in [5.74, 6) is -0.223. The Hall–Kier alpha value is -4.43. The van der Waals surface area contributed by atoms with Crippen molar-refractivity contribution in [3.63, 3.8) is 0 Å². The monoisotopic (exact) mass is 521 g/mol. The first-order valence-electron chi connectivity index (χ1n) is 13.2. The summed E-state index contributed by atoms with van der Waals surface area (Å²) >= 11 is 0. The highest BCUT2D eigenvalue weighted by Crippen LogP contribution is 2.41. The smallest absolute Gasteiger partial charge is 0.296 e. The van der Waals surface area contributed by atoms with Crippen molar-refractivity contribution < 1.29 is 9.72 Å². The van der Waals surface area contributed by atoms with Gasteiger partial charge in [0.1, 0.15) is 0 Å². The molecule has 0 unspecified atom stereocenters. The van der Waals surface area contributed by atoms with Gasteiger partial charge in [-0.1, -0.05) is 60.7 Å². The number of hydrogen-bond donors (Lipinski definition) is 0. The van der Waals surface area contributed by atoms with Gasteiger partial charge in [-0.05, 0) is 68.2 Å². The van der Waals surface area contributed by atoms with Crippen molar-refractivity contribution in [3.05, 3.63) is 130 Å². The van der Waals surface area contributed by atoms with E-state index in [0.717, 1.165) is 38.9 Å². The second-order valence-electron chi connectivity index (χ2n) is 9.81. The van der Waals surface area contributed by atoms with E-state index in [-0.39, 0.29) is 22.8 Å². The van der Waals surface area contributed by atoms with Crippen LogP contribution in [-0.4, -0.2) is 51.9 Å². The van der Waals surface area contributed by atoms with Crippen molar-refractivity contribution in [2.24, 2.45) is 0 Å². The zero-order valence-electron chi connectivity index (χ0n) is 21.7. The molecule has 1 aliphatic rings. The Kier molecular flexibility index (Phi) is 8.03. The van der Waals surface area contributed by atoms with Crippen molar-refractivity contribution in [1.82, 2.24) is 14.9 Å². The molecule has 0 aliphatic carbocycles. The van der Waals surface area contributed by atoms with Gasteiger partial charge in [0.15, 0.2) is 0 Å². The zero-order chi connectivity index (χ0) is 27.1. The number of hydrogen-bond acceptors (Lipinski definition) is 6. The van der Waals surface area contributed by atoms with Gasteiger partial charge in [0.05, 0.1) is 4.92 Å². The minimum Gasteiger partial charge on any atom is -0.306 e. The fourth-order valence-electron chi connectivity index (χ4n) is 5.50. The van der Waals surface area contributed by atoms with Gasteiger partial charge in [-0.3, -0.25) is 14.9 Å². The van der Waals surface area contributed by atoms with Crippen LogP contribution >= 0.6 is 0 Å². The number of benzene rings is 3. The van der Waals surface area contributed by atoms with Crippen LogP contribution in [0.15, 0.2) is 103 Å². The number of nitro groups is 1. The van der Waals surface area contributed by atoms with Gasteiger partial charge in [0, 0.05) is 42.2 Å². The van der Waals surface area contributed by atoms with Crippen LogP contribution in [0.2, 0.25) is 0 Å². The Morgan fingerprint density at radius 1 is 0.846 bits per heavy atom. The summed E-state index contributed by atoms with van der Waals surface area (Å²) < 4.78 is 0. The highest BCUT2D eigenvalue weighted by Gasteiger charge is 2.37. The molecule has 0 radical (unpaired) electrons. The predicted octanol–water partition coefficient (Wildman–Crippen LogP) is 5.50. The number of likely N-dealkylation sites (tertiary alicyclic amines) is 1. The fourth-order valence-corrected chi connectivity index (χ4v) is 5.50. The third kappa shape index (κ3) is 5.86. The second-order valence-corrected chi connectivity index (χ2v) is 9.81. The van der Waals surface area contributed by atoms with Crippen LogP contribution < -0.4 is 4.90 Å². The maximum atomic E-state index is 13.3. The molecule has 1 amide bonds. The number of aromatic nitrogens is 2. The van der Waals surface area contributed by atoms with E-state index in [9.17, 15) is 14.9 Å². The molecule has 0 N–H and O–H groups in total. The summed E-state index contributed by atoms with van der Waals surface area (Å²) in [5, 5.41) is 11.1. The molecule has 5 rings (SSSR count). The lowest BCUT2D eigenvalue weighted by Gasteiger charge is -2.43. The van der Waals surface area contributed by atoms with E-state index in [1.54, 1.807) is 23.1 Å². The van der Waals surface area contributed by atoms with E-state index in [1.165, 1.54) is 35.7 Å². The molecule has 8 heteroatoms. The van der Waals surface area contributed by atoms with Gasteiger partial charge < -0.3 is 9.80 Å². The largest absolute Gasteiger partial charge is 0.306 e. The van der Waals surface area contributed by atoms with Crippen LogP contribution in [-0.2, 0) is 5.41 Å². The van der Waals surface area contributed by atoms with Gasteiger partial charge in [0.25, 0.3) is 11.6 Å². The lowest BCUT2D eigenvalue weighted by atomic mass is 9.68. The van der Waals surface area contributed by atoms with Crippen molar-refractivity contribution >= 4 is 17.3 Å². The molecule has 198 valence electrons. The molecule has 3 aromatic carbocycles. The lowest BCUT2D eigenvalue weighted by Crippen LogP contribution is -2.44. The van der Waals surface area contributed by atoms with E-state index >= 15 is 0 Å². The number of nitro benzene ring substituents is 1. The minimum atomic E-state index is -0.447. The highest BCUT2D eigenvalue weighted by molar-refractivity contribution is 6.03. The fraction of sp³-hybridized carbons (Fsp3) is 0.258. The standard InChI is InChI=1S/C31H31N5O3/c37-30(29-32-19-7-20-33-29)35(27-13-15-28(16-14-27)36(38)39)22-8-21-34-23-17-31(18-24-34,25-9-3-1-4-10-25)26-11-5-2-6-12-26/h1-7,9-16,19-20H,8,17-18,21-24H2. The topological polar surface area (TPSA) is 92.5 Å². The maximum Gasteiger partial charge on any atom is 0.296 e. The normalized spacial score (nSPS) is 15.0. The maximum absolute atomic E-state index is 13.3. The molecule has 0 saturated carbocycles. The summed E-state index contributed by atoms with van der Waals surface area (Å²) in [6.07, 6.45) is 5.86. The van der Waals surface area contributed by atoms with Crippen LogP contribution in [0.3, 0.4) is 0 Å². The number of rotatable bonds is 9. The molecule has 0 spiro atoms.